The Bertz CT molecular complexity index is 939. The first-order valence-electron chi connectivity index (χ1n) is 11.0. The minimum absolute atomic E-state index is 0.0544. The Hall–Kier alpha value is -2.12. The van der Waals surface area contributed by atoms with Crippen molar-refractivity contribution in [2.75, 3.05) is 59.1 Å². The number of rotatable bonds is 8. The van der Waals surface area contributed by atoms with Crippen LogP contribution in [0.3, 0.4) is 0 Å². The Morgan fingerprint density at radius 3 is 2.58 bits per heavy atom. The van der Waals surface area contributed by atoms with Gasteiger partial charge in [-0.2, -0.15) is 4.31 Å². The summed E-state index contributed by atoms with van der Waals surface area (Å²) in [5.41, 5.74) is 0.212. The number of amides is 2. The van der Waals surface area contributed by atoms with Crippen molar-refractivity contribution in [3.8, 4) is 0 Å². The zero-order chi connectivity index (χ0) is 23.8. The average Bonchev–Trinajstić information content (AvgIpc) is 2.82. The van der Waals surface area contributed by atoms with E-state index in [9.17, 15) is 22.4 Å². The van der Waals surface area contributed by atoms with Crippen LogP contribution in [0, 0.1) is 12.7 Å². The van der Waals surface area contributed by atoms with Crippen LogP contribution in [0.4, 0.5) is 4.39 Å². The van der Waals surface area contributed by atoms with Crippen molar-refractivity contribution in [2.45, 2.75) is 30.9 Å². The fourth-order valence-electron chi connectivity index (χ4n) is 3.69. The largest absolute Gasteiger partial charge is 0.379 e. The molecular formula is C21H31FN4O6S. The fourth-order valence-corrected chi connectivity index (χ4v) is 5.34. The summed E-state index contributed by atoms with van der Waals surface area (Å²) in [5, 5.41) is 5.02. The van der Waals surface area contributed by atoms with Crippen LogP contribution in [0.25, 0.3) is 0 Å². The number of nitrogens with one attached hydrogen (secondary N) is 2. The third kappa shape index (κ3) is 6.93. The lowest BCUT2D eigenvalue weighted by Gasteiger charge is -2.34. The number of sulfonamides is 1. The van der Waals surface area contributed by atoms with Crippen molar-refractivity contribution in [3.63, 3.8) is 0 Å². The van der Waals surface area contributed by atoms with Crippen LogP contribution in [0.5, 0.6) is 0 Å². The van der Waals surface area contributed by atoms with E-state index < -0.39 is 33.9 Å². The number of halogens is 1. The predicted octanol–water partition coefficient (Wildman–Crippen LogP) is -0.174. The molecule has 2 saturated heterocycles. The Kier molecular flexibility index (Phi) is 9.15. The highest BCUT2D eigenvalue weighted by Crippen LogP contribution is 2.23. The van der Waals surface area contributed by atoms with Gasteiger partial charge >= 0.3 is 11.8 Å². The zero-order valence-electron chi connectivity index (χ0n) is 18.7. The number of hydrogen-bond acceptors (Lipinski definition) is 7. The van der Waals surface area contributed by atoms with Crippen molar-refractivity contribution in [1.82, 2.24) is 19.8 Å². The molecule has 2 fully saturated rings. The summed E-state index contributed by atoms with van der Waals surface area (Å²) in [6, 6.07) is 3.57. The van der Waals surface area contributed by atoms with Crippen LogP contribution >= 0.6 is 0 Å². The van der Waals surface area contributed by atoms with E-state index in [4.69, 9.17) is 9.47 Å². The van der Waals surface area contributed by atoms with Crippen molar-refractivity contribution >= 4 is 21.8 Å². The van der Waals surface area contributed by atoms with Crippen LogP contribution < -0.4 is 10.6 Å². The smallest absolute Gasteiger partial charge is 0.309 e. The van der Waals surface area contributed by atoms with E-state index >= 15 is 0 Å². The summed E-state index contributed by atoms with van der Waals surface area (Å²) in [6.07, 6.45) is 0.216. The SMILES string of the molecule is Cc1cc(S(=O)(=O)N2CCCO[C@H]2CNC(=O)C(=O)NCCCN2CCOCC2)ccc1F. The van der Waals surface area contributed by atoms with Crippen molar-refractivity contribution in [3.05, 3.63) is 29.6 Å². The number of aryl methyl sites for hydroxylation is 1. The Morgan fingerprint density at radius 1 is 1.12 bits per heavy atom. The molecule has 2 N–H and O–H groups in total. The molecule has 2 aliphatic rings. The van der Waals surface area contributed by atoms with E-state index in [-0.39, 0.29) is 23.5 Å². The van der Waals surface area contributed by atoms with E-state index in [1.807, 2.05) is 0 Å². The maximum atomic E-state index is 13.6. The minimum atomic E-state index is -3.97. The van der Waals surface area contributed by atoms with E-state index in [1.165, 1.54) is 19.1 Å². The monoisotopic (exact) mass is 486 g/mol. The summed E-state index contributed by atoms with van der Waals surface area (Å²) in [7, 11) is -3.97. The highest BCUT2D eigenvalue weighted by Gasteiger charge is 2.35. The summed E-state index contributed by atoms with van der Waals surface area (Å²) in [6.45, 7) is 6.08. The molecule has 0 spiro atoms. The van der Waals surface area contributed by atoms with Gasteiger partial charge in [-0.05, 0) is 50.1 Å². The molecule has 10 nitrogen and oxygen atoms in total. The molecule has 2 amide bonds. The van der Waals surface area contributed by atoms with Gasteiger partial charge in [0.25, 0.3) is 0 Å². The van der Waals surface area contributed by atoms with Gasteiger partial charge in [-0.25, -0.2) is 12.8 Å². The van der Waals surface area contributed by atoms with Crippen molar-refractivity contribution in [2.24, 2.45) is 0 Å². The van der Waals surface area contributed by atoms with Crippen LogP contribution in [-0.4, -0.2) is 94.8 Å². The van der Waals surface area contributed by atoms with Gasteiger partial charge in [-0.1, -0.05) is 0 Å². The fraction of sp³-hybridized carbons (Fsp3) is 0.619. The summed E-state index contributed by atoms with van der Waals surface area (Å²) in [4.78, 5) is 26.4. The third-order valence-corrected chi connectivity index (χ3v) is 7.46. The van der Waals surface area contributed by atoms with Crippen LogP contribution in [-0.2, 0) is 29.1 Å². The molecular weight excluding hydrogens is 455 g/mol. The van der Waals surface area contributed by atoms with Gasteiger partial charge < -0.3 is 20.1 Å². The van der Waals surface area contributed by atoms with Gasteiger partial charge in [-0.15, -0.1) is 0 Å². The highest BCUT2D eigenvalue weighted by molar-refractivity contribution is 7.89. The molecule has 33 heavy (non-hydrogen) atoms. The number of carbonyl (C=O) groups is 2. The second-order valence-corrected chi connectivity index (χ2v) is 9.87. The number of carbonyl (C=O) groups excluding carboxylic acids is 2. The van der Waals surface area contributed by atoms with Gasteiger partial charge in [0.05, 0.1) is 31.3 Å². The Labute approximate surface area is 193 Å². The standard InChI is InChI=1S/C21H31FN4O6S/c1-16-14-17(4-5-18(16)22)33(29,30)26-8-3-11-32-19(26)15-24-21(28)20(27)23-6-2-7-25-9-12-31-13-10-25/h4-5,14,19H,2-3,6-13,15H2,1H3,(H,23,27)(H,24,28)/t19-/m0/s1. The normalized spacial score (nSPS) is 20.4. The summed E-state index contributed by atoms with van der Waals surface area (Å²) >= 11 is 0. The molecule has 1 aromatic rings. The first-order valence-corrected chi connectivity index (χ1v) is 12.5. The molecule has 0 bridgehead atoms. The molecule has 0 aromatic heterocycles. The van der Waals surface area contributed by atoms with Crippen LogP contribution in [0.2, 0.25) is 0 Å². The molecule has 184 valence electrons. The maximum Gasteiger partial charge on any atom is 0.309 e. The first kappa shape index (κ1) is 25.5. The molecule has 3 rings (SSSR count). The number of benzene rings is 1. The number of morpholine rings is 1. The molecule has 1 atom stereocenters. The highest BCUT2D eigenvalue weighted by atomic mass is 32.2. The topological polar surface area (TPSA) is 117 Å². The zero-order valence-corrected chi connectivity index (χ0v) is 19.5. The van der Waals surface area contributed by atoms with Gasteiger partial charge in [0, 0.05) is 26.2 Å². The number of nitrogens with zero attached hydrogens (tertiary/aromatic N) is 2. The molecule has 0 unspecified atom stereocenters. The third-order valence-electron chi connectivity index (χ3n) is 5.57. The lowest BCUT2D eigenvalue weighted by Crippen LogP contribution is -2.53. The predicted molar refractivity (Wildman–Crippen MR) is 117 cm³/mol. The van der Waals surface area contributed by atoms with Crippen molar-refractivity contribution < 1.29 is 31.9 Å². The van der Waals surface area contributed by atoms with Crippen LogP contribution in [0.15, 0.2) is 23.1 Å². The lowest BCUT2D eigenvalue weighted by atomic mass is 10.2. The summed E-state index contributed by atoms with van der Waals surface area (Å²) < 4.78 is 51.7. The molecule has 2 aliphatic heterocycles. The second kappa shape index (κ2) is 11.8. The molecule has 0 radical (unpaired) electrons. The second-order valence-electron chi connectivity index (χ2n) is 7.98. The van der Waals surface area contributed by atoms with E-state index in [0.717, 1.165) is 30.0 Å². The lowest BCUT2D eigenvalue weighted by molar-refractivity contribution is -0.140. The number of hydrogen-bond donors (Lipinski definition) is 2. The summed E-state index contributed by atoms with van der Waals surface area (Å²) in [5.74, 6) is -2.13. The maximum absolute atomic E-state index is 13.6. The number of ether oxygens (including phenoxy) is 2. The van der Waals surface area contributed by atoms with Gasteiger partial charge in [0.1, 0.15) is 12.0 Å². The molecule has 0 aliphatic carbocycles. The van der Waals surface area contributed by atoms with E-state index in [1.54, 1.807) is 0 Å². The Balaban J connectivity index is 1.49. The first-order chi connectivity index (χ1) is 15.8. The van der Waals surface area contributed by atoms with E-state index in [0.29, 0.717) is 39.2 Å². The molecule has 12 heteroatoms. The molecule has 1 aromatic carbocycles. The van der Waals surface area contributed by atoms with E-state index in [2.05, 4.69) is 15.5 Å². The average molecular weight is 487 g/mol. The van der Waals surface area contributed by atoms with Gasteiger partial charge in [0.15, 0.2) is 0 Å². The van der Waals surface area contributed by atoms with Crippen molar-refractivity contribution in [1.29, 1.82) is 0 Å². The minimum Gasteiger partial charge on any atom is -0.379 e. The Morgan fingerprint density at radius 2 is 1.85 bits per heavy atom. The quantitative estimate of drug-likeness (QED) is 0.387. The molecule has 0 saturated carbocycles. The van der Waals surface area contributed by atoms with Gasteiger partial charge in [-0.3, -0.25) is 14.5 Å². The molecule has 2 heterocycles. The van der Waals surface area contributed by atoms with Crippen LogP contribution in [0.1, 0.15) is 18.4 Å². The van der Waals surface area contributed by atoms with Gasteiger partial charge in [0.2, 0.25) is 10.0 Å².